The lowest BCUT2D eigenvalue weighted by molar-refractivity contribution is 0.102. The van der Waals surface area contributed by atoms with Gasteiger partial charge in [0.15, 0.2) is 5.78 Å². The van der Waals surface area contributed by atoms with E-state index in [1.807, 2.05) is 69.3 Å². The maximum atomic E-state index is 12.6. The van der Waals surface area contributed by atoms with Crippen LogP contribution in [-0.4, -0.2) is 26.7 Å². The van der Waals surface area contributed by atoms with Gasteiger partial charge in [-0.15, -0.1) is 21.5 Å². The van der Waals surface area contributed by atoms with Gasteiger partial charge < -0.3 is 0 Å². The fourth-order valence-electron chi connectivity index (χ4n) is 2.93. The fraction of sp³-hybridized carbons (Fsp3) is 0.182. The van der Waals surface area contributed by atoms with Crippen LogP contribution in [0.3, 0.4) is 0 Å². The summed E-state index contributed by atoms with van der Waals surface area (Å²) in [5, 5.41) is 10.5. The van der Waals surface area contributed by atoms with E-state index in [-0.39, 0.29) is 5.78 Å². The lowest BCUT2D eigenvalue weighted by atomic mass is 10.0. The van der Waals surface area contributed by atoms with Crippen molar-refractivity contribution in [3.8, 4) is 11.3 Å². The number of ketones is 1. The number of aromatic nitrogens is 3. The highest BCUT2D eigenvalue weighted by Gasteiger charge is 2.17. The Balaban J connectivity index is 1.63. The summed E-state index contributed by atoms with van der Waals surface area (Å²) < 4.78 is 1.01. The van der Waals surface area contributed by atoms with Gasteiger partial charge in [-0.05, 0) is 38.0 Å². The fourth-order valence-corrected chi connectivity index (χ4v) is 4.74. The molecule has 0 fully saturated rings. The maximum absolute atomic E-state index is 12.6. The Bertz CT molecular complexity index is 1170. The van der Waals surface area contributed by atoms with E-state index in [2.05, 4.69) is 15.2 Å². The van der Waals surface area contributed by atoms with E-state index in [4.69, 9.17) is 0 Å². The van der Waals surface area contributed by atoms with Crippen LogP contribution in [0.5, 0.6) is 0 Å². The molecule has 0 aliphatic rings. The lowest BCUT2D eigenvalue weighted by Gasteiger charge is -2.06. The van der Waals surface area contributed by atoms with E-state index in [0.29, 0.717) is 10.8 Å². The van der Waals surface area contributed by atoms with E-state index in [9.17, 15) is 4.79 Å². The predicted octanol–water partition coefficient (Wildman–Crippen LogP) is 5.65. The van der Waals surface area contributed by atoms with Crippen molar-refractivity contribution in [1.82, 2.24) is 15.2 Å². The Hall–Kier alpha value is -2.57. The molecular formula is C22H19N3OS2. The third-order valence-corrected chi connectivity index (χ3v) is 6.54. The predicted molar refractivity (Wildman–Crippen MR) is 116 cm³/mol. The number of carbonyl (C=O) groups excluding carboxylic acids is 1. The number of thiazole rings is 1. The normalized spacial score (nSPS) is 11.1. The summed E-state index contributed by atoms with van der Waals surface area (Å²) in [6.45, 7) is 6.05. The molecule has 0 amide bonds. The zero-order chi connectivity index (χ0) is 19.7. The first kappa shape index (κ1) is 18.8. The summed E-state index contributed by atoms with van der Waals surface area (Å²) in [5.74, 6) is 0.398. The molecule has 2 aromatic carbocycles. The second-order valence-electron chi connectivity index (χ2n) is 6.64. The zero-order valence-corrected chi connectivity index (χ0v) is 17.5. The summed E-state index contributed by atoms with van der Waals surface area (Å²) in [4.78, 5) is 17.3. The van der Waals surface area contributed by atoms with E-state index < -0.39 is 0 Å². The molecule has 0 unspecified atom stereocenters. The van der Waals surface area contributed by atoms with Crippen molar-refractivity contribution in [3.63, 3.8) is 0 Å². The number of Topliss-reactive ketones (excluding diaryl/α,β-unsaturated/α-hetero) is 1. The van der Waals surface area contributed by atoms with Gasteiger partial charge in [0.1, 0.15) is 16.2 Å². The number of nitrogens with zero attached hydrogens (tertiary/aromatic N) is 3. The van der Waals surface area contributed by atoms with Crippen LogP contribution in [0.1, 0.15) is 26.5 Å². The average Bonchev–Trinajstić information content (AvgIpc) is 3.10. The first-order valence-corrected chi connectivity index (χ1v) is 10.8. The van der Waals surface area contributed by atoms with Crippen molar-refractivity contribution in [2.45, 2.75) is 25.8 Å². The van der Waals surface area contributed by atoms with Gasteiger partial charge in [-0.1, -0.05) is 54.2 Å². The Morgan fingerprint density at radius 2 is 1.79 bits per heavy atom. The number of rotatable bonds is 5. The molecular weight excluding hydrogens is 386 g/mol. The molecule has 0 atom stereocenters. The van der Waals surface area contributed by atoms with Crippen molar-refractivity contribution < 1.29 is 4.79 Å². The van der Waals surface area contributed by atoms with Crippen LogP contribution in [0.2, 0.25) is 0 Å². The van der Waals surface area contributed by atoms with Crippen LogP contribution in [-0.2, 0) is 0 Å². The molecule has 4 rings (SSSR count). The van der Waals surface area contributed by atoms with Gasteiger partial charge in [0.25, 0.3) is 0 Å². The van der Waals surface area contributed by atoms with Gasteiger partial charge in [-0.2, -0.15) is 0 Å². The molecule has 0 saturated carbocycles. The highest BCUT2D eigenvalue weighted by Crippen LogP contribution is 2.35. The number of aryl methyl sites for hydroxylation is 3. The molecule has 140 valence electrons. The van der Waals surface area contributed by atoms with Crippen molar-refractivity contribution in [3.05, 3.63) is 70.2 Å². The van der Waals surface area contributed by atoms with Crippen LogP contribution in [0.15, 0.2) is 53.6 Å². The van der Waals surface area contributed by atoms with E-state index in [1.165, 1.54) is 17.3 Å². The number of benzene rings is 2. The van der Waals surface area contributed by atoms with Gasteiger partial charge in [0.05, 0.1) is 15.5 Å². The summed E-state index contributed by atoms with van der Waals surface area (Å²) in [6.07, 6.45) is 0. The molecule has 0 aliphatic heterocycles. The Morgan fingerprint density at radius 3 is 2.54 bits per heavy atom. The smallest absolute Gasteiger partial charge is 0.173 e. The number of carbonyl (C=O) groups is 1. The van der Waals surface area contributed by atoms with E-state index in [0.717, 1.165) is 37.6 Å². The van der Waals surface area contributed by atoms with Crippen LogP contribution in [0.25, 0.3) is 21.5 Å². The third kappa shape index (κ3) is 3.70. The van der Waals surface area contributed by atoms with Crippen LogP contribution < -0.4 is 0 Å². The second kappa shape index (κ2) is 7.81. The number of fused-ring (bicyclic) bond motifs is 1. The SMILES string of the molecule is Cc1nc2c(SCC(=O)c3ccc(C)c(C)c3)nnc(-c3ccccc3)c2s1. The molecule has 2 heterocycles. The first-order chi connectivity index (χ1) is 13.5. The molecule has 4 aromatic rings. The van der Waals surface area contributed by atoms with Crippen molar-refractivity contribution in [2.24, 2.45) is 0 Å². The quantitative estimate of drug-likeness (QED) is 0.317. The molecule has 4 nitrogen and oxygen atoms in total. The van der Waals surface area contributed by atoms with Crippen molar-refractivity contribution >= 4 is 39.1 Å². The number of hydrogen-bond donors (Lipinski definition) is 0. The number of thioether (sulfide) groups is 1. The van der Waals surface area contributed by atoms with Gasteiger partial charge >= 0.3 is 0 Å². The maximum Gasteiger partial charge on any atom is 0.173 e. The average molecular weight is 406 g/mol. The minimum atomic E-state index is 0.0853. The molecule has 0 aliphatic carbocycles. The van der Waals surface area contributed by atoms with Gasteiger partial charge in [-0.25, -0.2) is 4.98 Å². The summed E-state index contributed by atoms with van der Waals surface area (Å²) in [5.41, 5.74) is 5.73. The van der Waals surface area contributed by atoms with E-state index >= 15 is 0 Å². The standard InChI is InChI=1S/C22H19N3OS2/c1-13-9-10-17(11-14(13)2)18(26)12-27-22-20-21(28-15(3)23-20)19(24-25-22)16-7-5-4-6-8-16/h4-11H,12H2,1-3H3. The minimum absolute atomic E-state index is 0.0853. The van der Waals surface area contributed by atoms with Crippen LogP contribution in [0.4, 0.5) is 0 Å². The highest BCUT2D eigenvalue weighted by atomic mass is 32.2. The Morgan fingerprint density at radius 1 is 1.00 bits per heavy atom. The minimum Gasteiger partial charge on any atom is -0.293 e. The largest absolute Gasteiger partial charge is 0.293 e. The van der Waals surface area contributed by atoms with Crippen molar-refractivity contribution in [2.75, 3.05) is 5.75 Å². The molecule has 0 spiro atoms. The second-order valence-corrected chi connectivity index (χ2v) is 8.81. The molecule has 0 saturated heterocycles. The van der Waals surface area contributed by atoms with Crippen molar-refractivity contribution in [1.29, 1.82) is 0 Å². The number of hydrogen-bond acceptors (Lipinski definition) is 6. The topological polar surface area (TPSA) is 55.7 Å². The first-order valence-electron chi connectivity index (χ1n) is 8.95. The molecule has 6 heteroatoms. The van der Waals surface area contributed by atoms with Crippen LogP contribution >= 0.6 is 23.1 Å². The summed E-state index contributed by atoms with van der Waals surface area (Å²) in [6, 6.07) is 15.8. The Labute approximate surface area is 172 Å². The molecule has 28 heavy (non-hydrogen) atoms. The van der Waals surface area contributed by atoms with E-state index in [1.54, 1.807) is 11.3 Å². The van der Waals surface area contributed by atoms with Gasteiger partial charge in [0.2, 0.25) is 0 Å². The Kier molecular flexibility index (Phi) is 5.24. The molecule has 0 N–H and O–H groups in total. The monoisotopic (exact) mass is 405 g/mol. The van der Waals surface area contributed by atoms with Crippen LogP contribution in [0, 0.1) is 20.8 Å². The third-order valence-electron chi connectivity index (χ3n) is 4.61. The highest BCUT2D eigenvalue weighted by molar-refractivity contribution is 8.00. The summed E-state index contributed by atoms with van der Waals surface area (Å²) in [7, 11) is 0. The molecule has 0 radical (unpaired) electrons. The molecule has 2 aromatic heterocycles. The lowest BCUT2D eigenvalue weighted by Crippen LogP contribution is -2.04. The molecule has 0 bridgehead atoms. The van der Waals surface area contributed by atoms with Gasteiger partial charge in [-0.3, -0.25) is 4.79 Å². The van der Waals surface area contributed by atoms with Gasteiger partial charge in [0, 0.05) is 11.1 Å². The summed E-state index contributed by atoms with van der Waals surface area (Å²) >= 11 is 3.01. The zero-order valence-electron chi connectivity index (χ0n) is 15.9.